The summed E-state index contributed by atoms with van der Waals surface area (Å²) >= 11 is 0. The van der Waals surface area contributed by atoms with Gasteiger partial charge in [0.2, 0.25) is 5.91 Å². The fourth-order valence-corrected chi connectivity index (χ4v) is 5.46. The molecule has 1 saturated carbocycles. The van der Waals surface area contributed by atoms with Gasteiger partial charge in [-0.2, -0.15) is 13.2 Å². The zero-order valence-electron chi connectivity index (χ0n) is 19.3. The first kappa shape index (κ1) is 24.9. The Labute approximate surface area is 199 Å². The molecular weight excluding hydrogens is 467 g/mol. The zero-order chi connectivity index (χ0) is 25.3. The van der Waals surface area contributed by atoms with E-state index in [0.29, 0.717) is 18.2 Å². The average Bonchev–Trinajstić information content (AvgIpc) is 3.41. The molecule has 11 heteroatoms. The maximum absolute atomic E-state index is 12.9. The first-order chi connectivity index (χ1) is 16.6. The third-order valence-electron chi connectivity index (χ3n) is 6.96. The molecule has 0 bridgehead atoms. The van der Waals surface area contributed by atoms with E-state index in [9.17, 15) is 27.6 Å². The number of rotatable bonds is 6. The number of fused-ring (bicyclic) bond motifs is 1. The zero-order valence-corrected chi connectivity index (χ0v) is 19.3. The van der Waals surface area contributed by atoms with E-state index in [1.807, 2.05) is 4.90 Å². The number of nitrogens with one attached hydrogen (secondary N) is 1. The predicted octanol–water partition coefficient (Wildman–Crippen LogP) is 4.07. The van der Waals surface area contributed by atoms with E-state index >= 15 is 0 Å². The lowest BCUT2D eigenvalue weighted by atomic mass is 9.76. The largest absolute Gasteiger partial charge is 0.491 e. The lowest BCUT2D eigenvalue weighted by Gasteiger charge is -2.33. The number of amides is 1. The van der Waals surface area contributed by atoms with E-state index in [4.69, 9.17) is 10.5 Å². The molecule has 2 aromatic rings. The summed E-state index contributed by atoms with van der Waals surface area (Å²) < 4.78 is 48.4. The normalized spacial score (nSPS) is 21.3. The van der Waals surface area contributed by atoms with E-state index in [2.05, 4.69) is 9.72 Å². The quantitative estimate of drug-likeness (QED) is 0.584. The topological polar surface area (TPSA) is 115 Å². The Morgan fingerprint density at radius 1 is 1.14 bits per heavy atom. The summed E-state index contributed by atoms with van der Waals surface area (Å²) in [4.78, 5) is 41.0. The number of ether oxygens (including phenoxy) is 2. The third kappa shape index (κ3) is 4.94. The standard InChI is InChI=1S/C24H28F3N3O5/c1-2-34-22(32)18-20(35-23(33)24(25,26)27)16-12-14(8-9-17(16)29-18)30-11-10-15(19(30)21(28)31)13-6-4-3-5-7-13/h8-9,12-13,15,19,29H,2-7,10-11H2,1H3,(H2,28,31)/t15-,19-/m0/s1. The number of aromatic amines is 1. The predicted molar refractivity (Wildman–Crippen MR) is 121 cm³/mol. The maximum Gasteiger partial charge on any atom is 0.491 e. The number of hydrogen-bond acceptors (Lipinski definition) is 6. The molecule has 190 valence electrons. The number of primary amides is 1. The fraction of sp³-hybridized carbons (Fsp3) is 0.542. The van der Waals surface area contributed by atoms with Crippen molar-refractivity contribution in [3.8, 4) is 5.75 Å². The number of esters is 2. The number of nitrogens with zero attached hydrogens (tertiary/aromatic N) is 1. The van der Waals surface area contributed by atoms with Crippen LogP contribution in [0.4, 0.5) is 18.9 Å². The summed E-state index contributed by atoms with van der Waals surface area (Å²) in [5.41, 5.74) is 6.23. The molecule has 8 nitrogen and oxygen atoms in total. The van der Waals surface area contributed by atoms with Crippen LogP contribution in [0.25, 0.3) is 10.9 Å². The van der Waals surface area contributed by atoms with E-state index in [-0.39, 0.29) is 23.4 Å². The number of halogens is 3. The molecule has 2 heterocycles. The van der Waals surface area contributed by atoms with E-state index in [0.717, 1.165) is 32.1 Å². The van der Waals surface area contributed by atoms with E-state index in [1.54, 1.807) is 19.1 Å². The minimum Gasteiger partial charge on any atom is -0.461 e. The molecule has 0 unspecified atom stereocenters. The van der Waals surface area contributed by atoms with Gasteiger partial charge in [0.1, 0.15) is 6.04 Å². The van der Waals surface area contributed by atoms with Crippen LogP contribution in [0.15, 0.2) is 18.2 Å². The van der Waals surface area contributed by atoms with Crippen LogP contribution in [0, 0.1) is 11.8 Å². The van der Waals surface area contributed by atoms with Crippen LogP contribution in [0.2, 0.25) is 0 Å². The summed E-state index contributed by atoms with van der Waals surface area (Å²) in [5.74, 6) is -3.95. The van der Waals surface area contributed by atoms with E-state index in [1.165, 1.54) is 12.5 Å². The molecule has 1 aliphatic carbocycles. The second-order valence-electron chi connectivity index (χ2n) is 9.06. The number of H-pyrrole nitrogens is 1. The van der Waals surface area contributed by atoms with Crippen molar-refractivity contribution >= 4 is 34.4 Å². The number of nitrogens with two attached hydrogens (primary N) is 1. The summed E-state index contributed by atoms with van der Waals surface area (Å²) in [6.07, 6.45) is 1.01. The number of hydrogen-bond donors (Lipinski definition) is 2. The van der Waals surface area contributed by atoms with Crippen LogP contribution in [-0.4, -0.2) is 48.2 Å². The molecule has 0 spiro atoms. The number of carbonyl (C=O) groups is 3. The van der Waals surface area contributed by atoms with Crippen LogP contribution in [-0.2, 0) is 14.3 Å². The van der Waals surface area contributed by atoms with Gasteiger partial charge in [0.05, 0.1) is 12.1 Å². The van der Waals surface area contributed by atoms with Gasteiger partial charge in [-0.1, -0.05) is 32.1 Å². The number of benzene rings is 1. The van der Waals surface area contributed by atoms with Crippen molar-refractivity contribution in [1.82, 2.24) is 4.98 Å². The average molecular weight is 495 g/mol. The molecule has 1 aliphatic heterocycles. The van der Waals surface area contributed by atoms with Gasteiger partial charge in [0.15, 0.2) is 11.4 Å². The van der Waals surface area contributed by atoms with Gasteiger partial charge in [-0.3, -0.25) is 4.79 Å². The third-order valence-corrected chi connectivity index (χ3v) is 6.96. The fourth-order valence-electron chi connectivity index (χ4n) is 5.46. The molecule has 1 aromatic carbocycles. The number of alkyl halides is 3. The van der Waals surface area contributed by atoms with Crippen molar-refractivity contribution in [3.05, 3.63) is 23.9 Å². The Balaban J connectivity index is 1.73. The maximum atomic E-state index is 12.9. The highest BCUT2D eigenvalue weighted by Crippen LogP contribution is 2.42. The Kier molecular flexibility index (Phi) is 6.95. The first-order valence-corrected chi connectivity index (χ1v) is 11.8. The van der Waals surface area contributed by atoms with Crippen molar-refractivity contribution in [2.45, 2.75) is 57.7 Å². The van der Waals surface area contributed by atoms with Crippen LogP contribution < -0.4 is 15.4 Å². The molecule has 3 N–H and O–H groups in total. The number of anilines is 1. The van der Waals surface area contributed by atoms with Gasteiger partial charge in [-0.25, -0.2) is 9.59 Å². The highest BCUT2D eigenvalue weighted by Gasteiger charge is 2.44. The highest BCUT2D eigenvalue weighted by molar-refractivity contribution is 6.03. The SMILES string of the molecule is CCOC(=O)c1[nH]c2ccc(N3CC[C@@H](C4CCCCC4)[C@H]3C(N)=O)cc2c1OC(=O)C(F)(F)F. The number of carbonyl (C=O) groups excluding carboxylic acids is 3. The van der Waals surface area contributed by atoms with Crippen molar-refractivity contribution in [3.63, 3.8) is 0 Å². The van der Waals surface area contributed by atoms with Gasteiger partial charge >= 0.3 is 18.1 Å². The minimum absolute atomic E-state index is 0.0251. The minimum atomic E-state index is -5.26. The smallest absolute Gasteiger partial charge is 0.461 e. The summed E-state index contributed by atoms with van der Waals surface area (Å²) in [6, 6.07) is 4.21. The first-order valence-electron chi connectivity index (χ1n) is 11.8. The highest BCUT2D eigenvalue weighted by atomic mass is 19.4. The molecule has 35 heavy (non-hydrogen) atoms. The van der Waals surface area contributed by atoms with Crippen molar-refractivity contribution < 1.29 is 37.0 Å². The van der Waals surface area contributed by atoms with Gasteiger partial charge in [0.25, 0.3) is 0 Å². The van der Waals surface area contributed by atoms with Crippen molar-refractivity contribution in [2.24, 2.45) is 17.6 Å². The van der Waals surface area contributed by atoms with Gasteiger partial charge < -0.3 is 25.1 Å². The lowest BCUT2D eigenvalue weighted by molar-refractivity contribution is -0.189. The molecule has 1 amide bonds. The van der Waals surface area contributed by atoms with Gasteiger partial charge in [-0.05, 0) is 43.4 Å². The Morgan fingerprint density at radius 2 is 1.86 bits per heavy atom. The van der Waals surface area contributed by atoms with E-state index < -0.39 is 41.5 Å². The molecule has 1 saturated heterocycles. The van der Waals surface area contributed by atoms with Crippen LogP contribution >= 0.6 is 0 Å². The Bertz CT molecular complexity index is 1120. The van der Waals surface area contributed by atoms with Crippen LogP contribution in [0.1, 0.15) is 55.9 Å². The Morgan fingerprint density at radius 3 is 2.49 bits per heavy atom. The molecule has 4 rings (SSSR count). The lowest BCUT2D eigenvalue weighted by Crippen LogP contribution is -2.45. The van der Waals surface area contributed by atoms with Crippen molar-refractivity contribution in [2.75, 3.05) is 18.1 Å². The summed E-state index contributed by atoms with van der Waals surface area (Å²) in [5, 5.41) is 0.0903. The molecule has 2 aliphatic rings. The second-order valence-corrected chi connectivity index (χ2v) is 9.06. The molecule has 0 radical (unpaired) electrons. The monoisotopic (exact) mass is 495 g/mol. The molecular formula is C24H28F3N3O5. The molecule has 2 atom stereocenters. The van der Waals surface area contributed by atoms with Gasteiger partial charge in [0, 0.05) is 17.6 Å². The number of aromatic nitrogens is 1. The summed E-state index contributed by atoms with van der Waals surface area (Å²) in [7, 11) is 0. The Hall–Kier alpha value is -3.24. The second kappa shape index (κ2) is 9.79. The molecule has 1 aromatic heterocycles. The molecule has 2 fully saturated rings. The van der Waals surface area contributed by atoms with Crippen molar-refractivity contribution in [1.29, 1.82) is 0 Å². The van der Waals surface area contributed by atoms with Crippen LogP contribution in [0.3, 0.4) is 0 Å². The summed E-state index contributed by atoms with van der Waals surface area (Å²) in [6.45, 7) is 2.07. The van der Waals surface area contributed by atoms with Gasteiger partial charge in [-0.15, -0.1) is 0 Å². The van der Waals surface area contributed by atoms with Crippen LogP contribution in [0.5, 0.6) is 5.75 Å².